The lowest BCUT2D eigenvalue weighted by atomic mass is 10.3. The summed E-state index contributed by atoms with van der Waals surface area (Å²) in [6.45, 7) is 4.41. The summed E-state index contributed by atoms with van der Waals surface area (Å²) in [5.74, 6) is 5.18. The normalized spacial score (nSPS) is 11.8. The van der Waals surface area contributed by atoms with Crippen LogP contribution in [0.5, 0.6) is 0 Å². The summed E-state index contributed by atoms with van der Waals surface area (Å²) in [5.41, 5.74) is 1.83. The summed E-state index contributed by atoms with van der Waals surface area (Å²) < 4.78 is 26.1. The average molecular weight is 322 g/mol. The third-order valence-electron chi connectivity index (χ3n) is 2.73. The predicted octanol–water partition coefficient (Wildman–Crippen LogP) is 1.75. The monoisotopic (exact) mass is 322 g/mol. The van der Waals surface area contributed by atoms with E-state index in [1.165, 1.54) is 4.31 Å². The minimum Gasteiger partial charge on any atom is -0.310 e. The number of hydrazine groups is 1. The Kier molecular flexibility index (Phi) is 5.87. The van der Waals surface area contributed by atoms with Gasteiger partial charge in [0.15, 0.2) is 5.00 Å². The third kappa shape index (κ3) is 3.45. The Hall–Kier alpha value is -1.23. The Bertz CT molecular complexity index is 570. The SMILES string of the molecule is CCCCN(CC)S(=O)(=O)c1cc([N+](=O)[O-])c(NN)s1. The van der Waals surface area contributed by atoms with Gasteiger partial charge in [0.1, 0.15) is 4.21 Å². The molecule has 0 aliphatic carbocycles. The quantitative estimate of drug-likeness (QED) is 0.427. The zero-order valence-corrected chi connectivity index (χ0v) is 13.0. The predicted molar refractivity (Wildman–Crippen MR) is 78.1 cm³/mol. The van der Waals surface area contributed by atoms with Crippen LogP contribution in [0.3, 0.4) is 0 Å². The van der Waals surface area contributed by atoms with E-state index in [0.29, 0.717) is 13.1 Å². The van der Waals surface area contributed by atoms with Crippen LogP contribution in [0.4, 0.5) is 10.7 Å². The van der Waals surface area contributed by atoms with Crippen LogP contribution in [-0.2, 0) is 10.0 Å². The molecule has 0 amide bonds. The second kappa shape index (κ2) is 6.97. The van der Waals surface area contributed by atoms with Gasteiger partial charge in [-0.05, 0) is 6.42 Å². The summed E-state index contributed by atoms with van der Waals surface area (Å²) in [5, 5.41) is 10.9. The van der Waals surface area contributed by atoms with Gasteiger partial charge in [-0.2, -0.15) is 4.31 Å². The molecule has 0 saturated heterocycles. The fourth-order valence-corrected chi connectivity index (χ4v) is 4.52. The van der Waals surface area contributed by atoms with Crippen molar-refractivity contribution in [2.24, 2.45) is 5.84 Å². The highest BCUT2D eigenvalue weighted by molar-refractivity contribution is 7.91. The molecule has 0 radical (unpaired) electrons. The maximum absolute atomic E-state index is 12.4. The second-order valence-electron chi connectivity index (χ2n) is 4.03. The molecule has 0 unspecified atom stereocenters. The highest BCUT2D eigenvalue weighted by Gasteiger charge is 2.29. The minimum absolute atomic E-state index is 0.0279. The van der Waals surface area contributed by atoms with E-state index >= 15 is 0 Å². The van der Waals surface area contributed by atoms with Crippen LogP contribution in [0.25, 0.3) is 0 Å². The number of thiophene rings is 1. The number of unbranched alkanes of at least 4 members (excludes halogenated alkanes) is 1. The fourth-order valence-electron chi connectivity index (χ4n) is 1.64. The molecule has 0 saturated carbocycles. The molecule has 114 valence electrons. The van der Waals surface area contributed by atoms with Gasteiger partial charge >= 0.3 is 5.69 Å². The Morgan fingerprint density at radius 3 is 2.55 bits per heavy atom. The number of hydrogen-bond acceptors (Lipinski definition) is 7. The topological polar surface area (TPSA) is 119 Å². The Labute approximate surface area is 121 Å². The molecule has 20 heavy (non-hydrogen) atoms. The van der Waals surface area contributed by atoms with Gasteiger partial charge in [-0.3, -0.25) is 10.1 Å². The summed E-state index contributed by atoms with van der Waals surface area (Å²) in [6, 6.07) is 1.05. The Morgan fingerprint density at radius 1 is 1.50 bits per heavy atom. The number of nitrogens with one attached hydrogen (secondary N) is 1. The van der Waals surface area contributed by atoms with Crippen molar-refractivity contribution in [3.05, 3.63) is 16.2 Å². The van der Waals surface area contributed by atoms with Crippen LogP contribution in [0, 0.1) is 10.1 Å². The molecule has 0 aliphatic heterocycles. The number of nitro groups is 1. The molecule has 1 aromatic heterocycles. The summed E-state index contributed by atoms with van der Waals surface area (Å²) in [4.78, 5) is 10.2. The maximum Gasteiger partial charge on any atom is 0.306 e. The van der Waals surface area contributed by atoms with Gasteiger partial charge in [-0.15, -0.1) is 0 Å². The molecule has 10 heteroatoms. The van der Waals surface area contributed by atoms with Crippen LogP contribution >= 0.6 is 11.3 Å². The summed E-state index contributed by atoms with van der Waals surface area (Å²) in [6.07, 6.45) is 1.61. The first-order valence-corrected chi connectivity index (χ1v) is 8.39. The largest absolute Gasteiger partial charge is 0.310 e. The van der Waals surface area contributed by atoms with E-state index in [-0.39, 0.29) is 14.9 Å². The van der Waals surface area contributed by atoms with E-state index in [2.05, 4.69) is 5.43 Å². The van der Waals surface area contributed by atoms with Gasteiger partial charge in [0.25, 0.3) is 10.0 Å². The third-order valence-corrected chi connectivity index (χ3v) is 6.20. The number of anilines is 1. The molecule has 0 spiro atoms. The Balaban J connectivity index is 3.17. The zero-order chi connectivity index (χ0) is 15.3. The first-order valence-electron chi connectivity index (χ1n) is 6.13. The highest BCUT2D eigenvalue weighted by atomic mass is 32.2. The molecule has 1 heterocycles. The number of nitrogens with zero attached hydrogens (tertiary/aromatic N) is 2. The van der Waals surface area contributed by atoms with Gasteiger partial charge in [0, 0.05) is 19.2 Å². The van der Waals surface area contributed by atoms with E-state index in [4.69, 9.17) is 5.84 Å². The van der Waals surface area contributed by atoms with Crippen molar-refractivity contribution in [1.29, 1.82) is 0 Å². The van der Waals surface area contributed by atoms with Crippen molar-refractivity contribution in [2.75, 3.05) is 18.5 Å². The van der Waals surface area contributed by atoms with Crippen LogP contribution in [0.15, 0.2) is 10.3 Å². The standard InChI is InChI=1S/C10H18N4O4S2/c1-3-5-6-13(4-2)20(17,18)9-7-8(14(15)16)10(12-11)19-9/h7,12H,3-6,11H2,1-2H3. The van der Waals surface area contributed by atoms with Gasteiger partial charge in [-0.1, -0.05) is 31.6 Å². The molecule has 0 fully saturated rings. The second-order valence-corrected chi connectivity index (χ2v) is 7.25. The smallest absolute Gasteiger partial charge is 0.306 e. The fraction of sp³-hybridized carbons (Fsp3) is 0.600. The first-order chi connectivity index (χ1) is 9.38. The Morgan fingerprint density at radius 2 is 2.15 bits per heavy atom. The maximum atomic E-state index is 12.4. The lowest BCUT2D eigenvalue weighted by Crippen LogP contribution is -2.31. The molecule has 0 aliphatic rings. The van der Waals surface area contributed by atoms with E-state index in [1.54, 1.807) is 6.92 Å². The molecule has 3 N–H and O–H groups in total. The van der Waals surface area contributed by atoms with Crippen molar-refractivity contribution in [1.82, 2.24) is 4.31 Å². The molecular formula is C10H18N4O4S2. The van der Waals surface area contributed by atoms with Crippen molar-refractivity contribution < 1.29 is 13.3 Å². The first kappa shape index (κ1) is 16.8. The number of nitrogen functional groups attached to an aromatic ring is 1. The van der Waals surface area contributed by atoms with Crippen molar-refractivity contribution in [2.45, 2.75) is 30.9 Å². The van der Waals surface area contributed by atoms with E-state index in [0.717, 1.165) is 30.2 Å². The molecular weight excluding hydrogens is 304 g/mol. The van der Waals surface area contributed by atoms with E-state index in [1.807, 2.05) is 6.92 Å². The minimum atomic E-state index is -3.72. The molecule has 8 nitrogen and oxygen atoms in total. The van der Waals surface area contributed by atoms with Crippen LogP contribution in [-0.4, -0.2) is 30.7 Å². The lowest BCUT2D eigenvalue weighted by molar-refractivity contribution is -0.383. The molecule has 0 bridgehead atoms. The van der Waals surface area contributed by atoms with E-state index < -0.39 is 14.9 Å². The van der Waals surface area contributed by atoms with Crippen molar-refractivity contribution >= 4 is 32.0 Å². The van der Waals surface area contributed by atoms with Crippen LogP contribution < -0.4 is 11.3 Å². The zero-order valence-electron chi connectivity index (χ0n) is 11.3. The van der Waals surface area contributed by atoms with Gasteiger partial charge in [0.05, 0.1) is 4.92 Å². The van der Waals surface area contributed by atoms with Crippen molar-refractivity contribution in [3.63, 3.8) is 0 Å². The van der Waals surface area contributed by atoms with Crippen LogP contribution in [0.1, 0.15) is 26.7 Å². The number of rotatable bonds is 8. The summed E-state index contributed by atoms with van der Waals surface area (Å²) >= 11 is 0.765. The van der Waals surface area contributed by atoms with Crippen molar-refractivity contribution in [3.8, 4) is 0 Å². The number of nitrogens with two attached hydrogens (primary N) is 1. The summed E-state index contributed by atoms with van der Waals surface area (Å²) in [7, 11) is -3.72. The molecule has 0 atom stereocenters. The van der Waals surface area contributed by atoms with Gasteiger partial charge in [-0.25, -0.2) is 14.3 Å². The molecule has 1 rings (SSSR count). The number of sulfonamides is 1. The highest BCUT2D eigenvalue weighted by Crippen LogP contribution is 2.37. The number of hydrogen-bond donors (Lipinski definition) is 2. The van der Waals surface area contributed by atoms with Gasteiger partial charge < -0.3 is 5.43 Å². The lowest BCUT2D eigenvalue weighted by Gasteiger charge is -2.18. The van der Waals surface area contributed by atoms with Crippen LogP contribution in [0.2, 0.25) is 0 Å². The average Bonchev–Trinajstić information content (AvgIpc) is 2.84. The molecule has 0 aromatic carbocycles. The van der Waals surface area contributed by atoms with E-state index in [9.17, 15) is 18.5 Å². The molecule has 1 aromatic rings. The van der Waals surface area contributed by atoms with Gasteiger partial charge in [0.2, 0.25) is 0 Å².